The summed E-state index contributed by atoms with van der Waals surface area (Å²) in [5, 5.41) is 1.73. The Hall–Kier alpha value is 1.53. The van der Waals surface area contributed by atoms with E-state index in [1.807, 2.05) is 0 Å². The Morgan fingerprint density at radius 3 is 1.48 bits per heavy atom. The van der Waals surface area contributed by atoms with Crippen molar-refractivity contribution in [3.05, 3.63) is 22.4 Å². The molecular weight excluding hydrogens is 494 g/mol. The van der Waals surface area contributed by atoms with Gasteiger partial charge in [-0.05, 0) is 37.0 Å². The summed E-state index contributed by atoms with van der Waals surface area (Å²) in [6.45, 7) is 15.0. The number of hydrogen-bond acceptors (Lipinski definition) is 0. The fourth-order valence-electron chi connectivity index (χ4n) is 5.83. The molecule has 2 saturated carbocycles. The molecule has 0 radical (unpaired) electrons. The molecule has 3 aliphatic rings. The van der Waals surface area contributed by atoms with Crippen molar-refractivity contribution in [1.29, 1.82) is 0 Å². The monoisotopic (exact) mass is 532 g/mol. The first-order chi connectivity index (χ1) is 11.7. The van der Waals surface area contributed by atoms with E-state index in [4.69, 9.17) is 0 Å². The first-order valence-electron chi connectivity index (χ1n) is 10.9. The van der Waals surface area contributed by atoms with Crippen LogP contribution in [0.5, 0.6) is 0 Å². The van der Waals surface area contributed by atoms with Gasteiger partial charge in [-0.2, -0.15) is 5.57 Å². The number of rotatable bonds is 4. The van der Waals surface area contributed by atoms with Crippen LogP contribution in [-0.2, 0) is 17.4 Å². The smallest absolute Gasteiger partial charge is 1.00 e. The molecule has 29 heavy (non-hydrogen) atoms. The van der Waals surface area contributed by atoms with Crippen molar-refractivity contribution < 1.29 is 54.6 Å². The predicted octanol–water partition coefficient (Wildman–Crippen LogP) is -1.01. The van der Waals surface area contributed by atoms with Gasteiger partial charge < -0.3 is 37.2 Å². The Labute approximate surface area is 212 Å². The zero-order chi connectivity index (χ0) is 18.2. The van der Waals surface area contributed by atoms with E-state index in [-0.39, 0.29) is 67.5 Å². The average molecular weight is 534 g/mol. The van der Waals surface area contributed by atoms with Crippen LogP contribution in [0.1, 0.15) is 91.9 Å². The maximum atomic E-state index is 4.05. The van der Waals surface area contributed by atoms with Gasteiger partial charge in [0.1, 0.15) is 0 Å². The van der Waals surface area contributed by atoms with Gasteiger partial charge in [0.2, 0.25) is 0 Å². The largest absolute Gasteiger partial charge is 4.00 e. The zero-order valence-corrected chi connectivity index (χ0v) is 24.7. The number of halogens is 3. The SMILES string of the molecule is CC1=C(C)C(C)(C)[C-]=C1[Si](C)(C)P(C1CCCCC1)C1CCCCC1.[Cl-].[Cl-].[Cl-].[Cr+4]. The molecule has 0 spiro atoms. The second-order valence-corrected chi connectivity index (χ2v) is 20.7. The van der Waals surface area contributed by atoms with Crippen LogP contribution in [0.15, 0.2) is 16.3 Å². The number of hydrogen-bond donors (Lipinski definition) is 0. The molecule has 0 unspecified atom stereocenters. The second-order valence-electron chi connectivity index (χ2n) is 9.92. The summed E-state index contributed by atoms with van der Waals surface area (Å²) in [6.07, 6.45) is 19.2. The summed E-state index contributed by atoms with van der Waals surface area (Å²) in [6, 6.07) is 0. The van der Waals surface area contributed by atoms with Crippen LogP contribution in [0.2, 0.25) is 13.1 Å². The summed E-state index contributed by atoms with van der Waals surface area (Å²) >= 11 is 0. The van der Waals surface area contributed by atoms with Crippen LogP contribution in [0.4, 0.5) is 0 Å². The molecule has 0 saturated heterocycles. The third kappa shape index (κ3) is 7.00. The normalized spacial score (nSPS) is 22.8. The minimum Gasteiger partial charge on any atom is -1.00 e. The van der Waals surface area contributed by atoms with Gasteiger partial charge in [0.25, 0.3) is 0 Å². The van der Waals surface area contributed by atoms with E-state index in [9.17, 15) is 0 Å². The molecule has 3 rings (SSSR count). The Balaban J connectivity index is 0. The Kier molecular flexibility index (Phi) is 15.0. The molecule has 0 aromatic heterocycles. The second kappa shape index (κ2) is 13.3. The average Bonchev–Trinajstić information content (AvgIpc) is 2.80. The topological polar surface area (TPSA) is 0 Å². The molecule has 6 heteroatoms. The van der Waals surface area contributed by atoms with Crippen LogP contribution in [0, 0.1) is 11.5 Å². The zero-order valence-electron chi connectivity index (χ0n) is 19.2. The summed E-state index contributed by atoms with van der Waals surface area (Å²) in [5.41, 5.74) is 5.52. The first-order valence-corrected chi connectivity index (χ1v) is 16.2. The quantitative estimate of drug-likeness (QED) is 0.247. The van der Waals surface area contributed by atoms with Crippen molar-refractivity contribution in [3.8, 4) is 0 Å². The summed E-state index contributed by atoms with van der Waals surface area (Å²) < 4.78 is 0. The van der Waals surface area contributed by atoms with Crippen molar-refractivity contribution in [2.45, 2.75) is 116 Å². The van der Waals surface area contributed by atoms with Crippen molar-refractivity contribution in [1.82, 2.24) is 0 Å². The van der Waals surface area contributed by atoms with Crippen molar-refractivity contribution in [2.24, 2.45) is 5.41 Å². The molecule has 0 nitrogen and oxygen atoms in total. The van der Waals surface area contributed by atoms with Gasteiger partial charge in [0, 0.05) is 0 Å². The molecule has 0 heterocycles. The summed E-state index contributed by atoms with van der Waals surface area (Å²) in [4.78, 5) is 0. The third-order valence-corrected chi connectivity index (χ3v) is 19.9. The van der Waals surface area contributed by atoms with E-state index < -0.39 is 7.74 Å². The Morgan fingerprint density at radius 2 is 1.17 bits per heavy atom. The fraction of sp³-hybridized carbons (Fsp3) is 0.826. The van der Waals surface area contributed by atoms with Crippen molar-refractivity contribution >= 4 is 15.2 Å². The molecular formula is C23H40Cl3CrPSi. The van der Waals surface area contributed by atoms with Crippen molar-refractivity contribution in [2.75, 3.05) is 0 Å². The van der Waals surface area contributed by atoms with Gasteiger partial charge in [-0.15, -0.1) is 14.4 Å². The maximum absolute atomic E-state index is 4.05. The van der Waals surface area contributed by atoms with Gasteiger partial charge in [-0.25, -0.2) is 10.8 Å². The van der Waals surface area contributed by atoms with Gasteiger partial charge in [-0.3, -0.25) is 6.08 Å². The Bertz CT molecular complexity index is 544. The van der Waals surface area contributed by atoms with Crippen molar-refractivity contribution in [3.63, 3.8) is 0 Å². The predicted molar refractivity (Wildman–Crippen MR) is 117 cm³/mol. The fourth-order valence-corrected chi connectivity index (χ4v) is 20.5. The van der Waals surface area contributed by atoms with Crippen LogP contribution in [0.25, 0.3) is 0 Å². The molecule has 0 aromatic carbocycles. The standard InChI is InChI=1S/C23H40PSi.3ClH.Cr/c1-18-19(2)23(3,4)17-22(18)25(5,6)24(20-13-9-7-10-14-20)21-15-11-8-12-16-21;;;;/h20-21H,7-16H2,1-6H3;3*1H;/q-1;;;;+4/p-3. The van der Waals surface area contributed by atoms with Gasteiger partial charge in [-0.1, -0.05) is 77.8 Å². The number of allylic oxidation sites excluding steroid dienone is 4. The minimum absolute atomic E-state index is 0. The van der Waals surface area contributed by atoms with Crippen LogP contribution >= 0.6 is 7.47 Å². The van der Waals surface area contributed by atoms with E-state index >= 15 is 0 Å². The van der Waals surface area contributed by atoms with E-state index in [0.717, 1.165) is 11.3 Å². The van der Waals surface area contributed by atoms with Crippen LogP contribution in [-0.4, -0.2) is 19.1 Å². The van der Waals surface area contributed by atoms with E-state index in [1.165, 1.54) is 64.2 Å². The molecule has 0 N–H and O–H groups in total. The first kappa shape index (κ1) is 32.7. The molecule has 0 amide bonds. The van der Waals surface area contributed by atoms with E-state index in [2.05, 4.69) is 46.9 Å². The molecule has 0 bridgehead atoms. The molecule has 168 valence electrons. The molecule has 0 atom stereocenters. The summed E-state index contributed by atoms with van der Waals surface area (Å²) in [7, 11) is -1.29. The van der Waals surface area contributed by atoms with E-state index in [0.29, 0.717) is 0 Å². The molecule has 0 aliphatic heterocycles. The molecule has 3 aliphatic carbocycles. The maximum Gasteiger partial charge on any atom is 4.00 e. The van der Waals surface area contributed by atoms with E-state index in [1.54, 1.807) is 16.3 Å². The van der Waals surface area contributed by atoms with Gasteiger partial charge in [0.05, 0.1) is 7.74 Å². The molecule has 2 fully saturated rings. The summed E-state index contributed by atoms with van der Waals surface area (Å²) in [5.74, 6) is 0. The minimum atomic E-state index is -1.46. The van der Waals surface area contributed by atoms with Crippen LogP contribution < -0.4 is 37.2 Å². The van der Waals surface area contributed by atoms with Gasteiger partial charge >= 0.3 is 17.4 Å². The molecule has 0 aromatic rings. The van der Waals surface area contributed by atoms with Crippen LogP contribution in [0.3, 0.4) is 0 Å². The third-order valence-electron chi connectivity index (χ3n) is 7.51. The van der Waals surface area contributed by atoms with Gasteiger partial charge in [0.15, 0.2) is 0 Å². The Morgan fingerprint density at radius 1 is 0.793 bits per heavy atom.